The normalized spacial score (nSPS) is 9.68. The first-order chi connectivity index (χ1) is 8.95. The van der Waals surface area contributed by atoms with Crippen LogP contribution in [0.1, 0.15) is 0 Å². The molecule has 0 spiro atoms. The van der Waals surface area contributed by atoms with Crippen molar-refractivity contribution in [2.24, 2.45) is 0 Å². The van der Waals surface area contributed by atoms with E-state index in [0.717, 1.165) is 22.6 Å². The number of aromatic nitrogens is 3. The van der Waals surface area contributed by atoms with Crippen LogP contribution in [0.4, 0.5) is 0 Å². The maximum Gasteiger partial charge on any atom is 0.0980 e. The van der Waals surface area contributed by atoms with Gasteiger partial charge in [0.05, 0.1) is 17.1 Å². The summed E-state index contributed by atoms with van der Waals surface area (Å²) in [5, 5.41) is 0. The summed E-state index contributed by atoms with van der Waals surface area (Å²) >= 11 is 0. The van der Waals surface area contributed by atoms with Crippen LogP contribution in [0.25, 0.3) is 22.6 Å². The number of hydrogen-bond donors (Lipinski definition) is 0. The van der Waals surface area contributed by atoms with Gasteiger partial charge in [0.15, 0.2) is 0 Å². The van der Waals surface area contributed by atoms with Gasteiger partial charge in [0.2, 0.25) is 0 Å². The predicted octanol–water partition coefficient (Wildman–Crippen LogP) is 3.20. The smallest absolute Gasteiger partial charge is 0.0980 e. The van der Waals surface area contributed by atoms with Gasteiger partial charge in [0.1, 0.15) is 0 Å². The molecule has 19 heavy (non-hydrogen) atoms. The van der Waals surface area contributed by atoms with E-state index in [-0.39, 0.29) is 20.1 Å². The van der Waals surface area contributed by atoms with E-state index in [9.17, 15) is 0 Å². The minimum absolute atomic E-state index is 0. The minimum Gasteiger partial charge on any atom is -0.256 e. The number of pyridine rings is 3. The molecule has 4 heteroatoms. The second-order valence-electron chi connectivity index (χ2n) is 3.83. The van der Waals surface area contributed by atoms with Crippen molar-refractivity contribution in [1.82, 2.24) is 15.0 Å². The fraction of sp³-hybridized carbons (Fsp3) is 0. The summed E-state index contributed by atoms with van der Waals surface area (Å²) in [5.41, 5.74) is 3.62. The van der Waals surface area contributed by atoms with Crippen molar-refractivity contribution in [3.05, 3.63) is 67.1 Å². The van der Waals surface area contributed by atoms with Crippen molar-refractivity contribution in [2.75, 3.05) is 0 Å². The molecule has 0 aliphatic rings. The van der Waals surface area contributed by atoms with Crippen LogP contribution in [0.2, 0.25) is 0 Å². The third kappa shape index (κ3) is 2.92. The molecule has 0 amide bonds. The summed E-state index contributed by atoms with van der Waals surface area (Å²) in [6.07, 6.45) is 5.33. The molecular weight excluding hydrogens is 414 g/mol. The molecule has 3 nitrogen and oxygen atoms in total. The van der Waals surface area contributed by atoms with Gasteiger partial charge >= 0.3 is 0 Å². The first-order valence-electron chi connectivity index (χ1n) is 5.73. The Morgan fingerprint density at radius 1 is 0.579 bits per heavy atom. The molecule has 0 saturated carbocycles. The number of hydrogen-bond acceptors (Lipinski definition) is 3. The van der Waals surface area contributed by atoms with E-state index in [1.165, 1.54) is 0 Å². The average Bonchev–Trinajstić information content (AvgIpc) is 2.49. The van der Waals surface area contributed by atoms with Crippen LogP contribution in [-0.4, -0.2) is 15.0 Å². The Labute approximate surface area is 125 Å². The summed E-state index contributed by atoms with van der Waals surface area (Å²) in [5.74, 6) is 0. The molecule has 0 saturated heterocycles. The topological polar surface area (TPSA) is 38.7 Å². The number of rotatable bonds is 2. The SMILES string of the molecule is [Ir].c1ccc(-c2cccnc2-c2ccccn2)nc1. The molecule has 1 radical (unpaired) electrons. The molecule has 0 aliphatic carbocycles. The molecule has 3 aromatic heterocycles. The predicted molar refractivity (Wildman–Crippen MR) is 70.7 cm³/mol. The van der Waals surface area contributed by atoms with Gasteiger partial charge in [-0.1, -0.05) is 12.1 Å². The Kier molecular flexibility index (Phi) is 4.50. The standard InChI is InChI=1S/C15H11N3.Ir/c1-3-9-16-13(7-1)12-6-5-11-18-15(12)14-8-2-4-10-17-14;/h1-11H;. The van der Waals surface area contributed by atoms with Crippen LogP contribution in [0.15, 0.2) is 67.1 Å². The fourth-order valence-electron chi connectivity index (χ4n) is 1.84. The van der Waals surface area contributed by atoms with Crippen LogP contribution in [-0.2, 0) is 20.1 Å². The zero-order chi connectivity index (χ0) is 12.2. The summed E-state index contributed by atoms with van der Waals surface area (Å²) < 4.78 is 0. The van der Waals surface area contributed by atoms with Crippen LogP contribution in [0, 0.1) is 0 Å². The third-order valence-electron chi connectivity index (χ3n) is 2.66. The zero-order valence-electron chi connectivity index (χ0n) is 10.0. The van der Waals surface area contributed by atoms with Crippen LogP contribution in [0.3, 0.4) is 0 Å². The minimum atomic E-state index is 0. The van der Waals surface area contributed by atoms with Gasteiger partial charge < -0.3 is 0 Å². The molecule has 0 bridgehead atoms. The molecule has 0 aliphatic heterocycles. The second kappa shape index (κ2) is 6.32. The third-order valence-corrected chi connectivity index (χ3v) is 2.66. The quantitative estimate of drug-likeness (QED) is 0.633. The van der Waals surface area contributed by atoms with Gasteiger partial charge in [0.25, 0.3) is 0 Å². The van der Waals surface area contributed by atoms with E-state index in [1.54, 1.807) is 18.6 Å². The van der Waals surface area contributed by atoms with Crippen molar-refractivity contribution in [3.63, 3.8) is 0 Å². The molecule has 0 aromatic carbocycles. The van der Waals surface area contributed by atoms with Crippen LogP contribution in [0.5, 0.6) is 0 Å². The van der Waals surface area contributed by atoms with Gasteiger partial charge in [-0.3, -0.25) is 15.0 Å². The van der Waals surface area contributed by atoms with E-state index in [4.69, 9.17) is 0 Å². The molecule has 3 heterocycles. The van der Waals surface area contributed by atoms with E-state index in [2.05, 4.69) is 15.0 Å². The summed E-state index contributed by atoms with van der Waals surface area (Å²) in [6, 6.07) is 15.6. The Morgan fingerprint density at radius 3 is 1.84 bits per heavy atom. The zero-order valence-corrected chi connectivity index (χ0v) is 12.4. The molecule has 0 fully saturated rings. The second-order valence-corrected chi connectivity index (χ2v) is 3.83. The summed E-state index contributed by atoms with van der Waals surface area (Å²) in [6.45, 7) is 0. The van der Waals surface area contributed by atoms with Gasteiger partial charge in [-0.05, 0) is 36.4 Å². The molecule has 3 aromatic rings. The van der Waals surface area contributed by atoms with E-state index >= 15 is 0 Å². The van der Waals surface area contributed by atoms with Crippen molar-refractivity contribution >= 4 is 0 Å². The Hall–Kier alpha value is -1.90. The maximum atomic E-state index is 4.42. The first kappa shape index (κ1) is 13.5. The molecule has 0 N–H and O–H groups in total. The fourth-order valence-corrected chi connectivity index (χ4v) is 1.84. The Morgan fingerprint density at radius 2 is 1.21 bits per heavy atom. The maximum absolute atomic E-state index is 4.42. The molecule has 3 rings (SSSR count). The van der Waals surface area contributed by atoms with E-state index in [0.29, 0.717) is 0 Å². The average molecular weight is 425 g/mol. The van der Waals surface area contributed by atoms with Crippen LogP contribution < -0.4 is 0 Å². The Bertz CT molecular complexity index is 583. The van der Waals surface area contributed by atoms with Gasteiger partial charge in [-0.15, -0.1) is 0 Å². The van der Waals surface area contributed by atoms with Crippen molar-refractivity contribution in [2.45, 2.75) is 0 Å². The summed E-state index contributed by atoms with van der Waals surface area (Å²) in [4.78, 5) is 13.1. The molecular formula is C15H11IrN3. The van der Waals surface area contributed by atoms with Crippen molar-refractivity contribution in [3.8, 4) is 22.6 Å². The molecule has 0 atom stereocenters. The summed E-state index contributed by atoms with van der Waals surface area (Å²) in [7, 11) is 0. The van der Waals surface area contributed by atoms with E-state index < -0.39 is 0 Å². The monoisotopic (exact) mass is 426 g/mol. The Balaban J connectivity index is 0.00000133. The van der Waals surface area contributed by atoms with Gasteiger partial charge in [0, 0.05) is 44.3 Å². The molecule has 95 valence electrons. The van der Waals surface area contributed by atoms with Crippen molar-refractivity contribution in [1.29, 1.82) is 0 Å². The number of nitrogens with zero attached hydrogens (tertiary/aromatic N) is 3. The van der Waals surface area contributed by atoms with E-state index in [1.807, 2.05) is 48.5 Å². The van der Waals surface area contributed by atoms with Crippen LogP contribution >= 0.6 is 0 Å². The first-order valence-corrected chi connectivity index (χ1v) is 5.73. The van der Waals surface area contributed by atoms with Gasteiger partial charge in [-0.25, -0.2) is 0 Å². The van der Waals surface area contributed by atoms with Crippen molar-refractivity contribution < 1.29 is 20.1 Å². The molecule has 0 unspecified atom stereocenters. The van der Waals surface area contributed by atoms with Gasteiger partial charge in [-0.2, -0.15) is 0 Å². The largest absolute Gasteiger partial charge is 0.256 e.